The summed E-state index contributed by atoms with van der Waals surface area (Å²) < 4.78 is 49.3. The van der Waals surface area contributed by atoms with Crippen molar-refractivity contribution in [2.75, 3.05) is 18.4 Å². The Morgan fingerprint density at radius 1 is 1.02 bits per heavy atom. The van der Waals surface area contributed by atoms with Crippen molar-refractivity contribution >= 4 is 49.2 Å². The normalized spacial score (nSPS) is 15.5. The van der Waals surface area contributed by atoms with Gasteiger partial charge in [0.1, 0.15) is 40.8 Å². The molecule has 5 aromatic rings. The van der Waals surface area contributed by atoms with E-state index in [0.29, 0.717) is 46.5 Å². The molecule has 0 bridgehead atoms. The van der Waals surface area contributed by atoms with Crippen molar-refractivity contribution in [2.45, 2.75) is 18.6 Å². The summed E-state index contributed by atoms with van der Waals surface area (Å²) in [6.45, 7) is 0.598. The lowest BCUT2D eigenvalue weighted by atomic mass is 9.90. The number of rotatable bonds is 11. The first-order valence-corrected chi connectivity index (χ1v) is 15.4. The van der Waals surface area contributed by atoms with Gasteiger partial charge >= 0.3 is 0 Å². The fraction of sp³-hybridized carbons (Fsp3) is 0.152. The molecule has 45 heavy (non-hydrogen) atoms. The average molecular weight is 644 g/mol. The van der Waals surface area contributed by atoms with E-state index in [1.807, 2.05) is 30.3 Å². The van der Waals surface area contributed by atoms with Crippen molar-refractivity contribution in [3.05, 3.63) is 131 Å². The predicted octanol–water partition coefficient (Wildman–Crippen LogP) is 5.96. The highest BCUT2D eigenvalue weighted by Gasteiger charge is 2.35. The van der Waals surface area contributed by atoms with Gasteiger partial charge in [-0.25, -0.2) is 14.4 Å². The molecule has 1 unspecified atom stereocenters. The fourth-order valence-electron chi connectivity index (χ4n) is 5.07. The molecule has 0 saturated heterocycles. The molecule has 1 atom stereocenters. The summed E-state index contributed by atoms with van der Waals surface area (Å²) >= 11 is 6.52. The molecule has 0 aliphatic carbocycles. The maximum Gasteiger partial charge on any atom is 0.220 e. The molecular weight excluding hydrogens is 617 g/mol. The first kappa shape index (κ1) is 30.2. The lowest BCUT2D eigenvalue weighted by molar-refractivity contribution is 0.0426. The monoisotopic (exact) mass is 643 g/mol. The number of fused-ring (bicyclic) bond motifs is 1. The summed E-state index contributed by atoms with van der Waals surface area (Å²) in [5.41, 5.74) is 2.58. The van der Waals surface area contributed by atoms with E-state index < -0.39 is 15.9 Å². The number of benzene rings is 3. The summed E-state index contributed by atoms with van der Waals surface area (Å²) in [6, 6.07) is 22.4. The zero-order chi connectivity index (χ0) is 31.2. The van der Waals surface area contributed by atoms with Crippen molar-refractivity contribution in [2.24, 2.45) is 0 Å². The SMILES string of the molecule is O=S(=O)=C(CNCC1(c2ccc3ncnc(Nc4ccc(OCc5cccc(F)c5)c(Cl)c4)c3c2)CC=CO1)c1ccccn1. The van der Waals surface area contributed by atoms with Crippen LogP contribution in [-0.4, -0.2) is 41.3 Å². The van der Waals surface area contributed by atoms with Crippen LogP contribution < -0.4 is 15.4 Å². The molecule has 3 aromatic carbocycles. The third kappa shape index (κ3) is 6.96. The van der Waals surface area contributed by atoms with E-state index in [1.165, 1.54) is 18.5 Å². The van der Waals surface area contributed by atoms with Crippen molar-refractivity contribution in [3.63, 3.8) is 0 Å². The Kier molecular flexibility index (Phi) is 9.01. The summed E-state index contributed by atoms with van der Waals surface area (Å²) in [7, 11) is -2.44. The van der Waals surface area contributed by atoms with Crippen LogP contribution in [0.15, 0.2) is 104 Å². The number of aromatic nitrogens is 3. The van der Waals surface area contributed by atoms with Crippen LogP contribution in [0.3, 0.4) is 0 Å². The summed E-state index contributed by atoms with van der Waals surface area (Å²) in [5, 5.41) is 7.72. The lowest BCUT2D eigenvalue weighted by Gasteiger charge is -2.30. The zero-order valence-electron chi connectivity index (χ0n) is 23.8. The quantitative estimate of drug-likeness (QED) is 0.133. The van der Waals surface area contributed by atoms with E-state index in [1.54, 1.807) is 54.9 Å². The van der Waals surface area contributed by atoms with Crippen molar-refractivity contribution < 1.29 is 22.3 Å². The number of halogens is 2. The van der Waals surface area contributed by atoms with E-state index in [0.717, 1.165) is 16.5 Å². The molecule has 228 valence electrons. The van der Waals surface area contributed by atoms with Gasteiger partial charge in [-0.15, -0.1) is 0 Å². The predicted molar refractivity (Wildman–Crippen MR) is 172 cm³/mol. The van der Waals surface area contributed by atoms with Crippen molar-refractivity contribution in [3.8, 4) is 5.75 Å². The van der Waals surface area contributed by atoms with Crippen LogP contribution in [0.1, 0.15) is 23.2 Å². The molecule has 0 saturated carbocycles. The summed E-state index contributed by atoms with van der Waals surface area (Å²) in [5.74, 6) is 0.698. The Labute approximate surface area is 265 Å². The lowest BCUT2D eigenvalue weighted by Crippen LogP contribution is -2.40. The first-order chi connectivity index (χ1) is 21.9. The van der Waals surface area contributed by atoms with Gasteiger partial charge in [-0.05, 0) is 71.8 Å². The number of hydrogen-bond acceptors (Lipinski definition) is 9. The van der Waals surface area contributed by atoms with Gasteiger partial charge in [0.15, 0.2) is 0 Å². The van der Waals surface area contributed by atoms with Crippen LogP contribution in [-0.2, 0) is 27.2 Å². The zero-order valence-corrected chi connectivity index (χ0v) is 25.4. The molecule has 2 aromatic heterocycles. The largest absolute Gasteiger partial charge is 0.489 e. The highest BCUT2D eigenvalue weighted by atomic mass is 35.5. The van der Waals surface area contributed by atoms with Gasteiger partial charge < -0.3 is 20.1 Å². The van der Waals surface area contributed by atoms with Crippen molar-refractivity contribution in [1.82, 2.24) is 20.3 Å². The van der Waals surface area contributed by atoms with E-state index in [-0.39, 0.29) is 23.8 Å². The Hall–Kier alpha value is -4.84. The topological polar surface area (TPSA) is 115 Å². The number of pyridine rings is 1. The number of hydrogen-bond donors (Lipinski definition) is 2. The maximum absolute atomic E-state index is 13.5. The molecule has 6 rings (SSSR count). The second-order valence-electron chi connectivity index (χ2n) is 10.3. The highest BCUT2D eigenvalue weighted by Crippen LogP contribution is 2.37. The van der Waals surface area contributed by atoms with E-state index in [2.05, 4.69) is 25.6 Å². The van der Waals surface area contributed by atoms with Gasteiger partial charge in [0.2, 0.25) is 10.3 Å². The second kappa shape index (κ2) is 13.4. The van der Waals surface area contributed by atoms with Crippen LogP contribution in [0.2, 0.25) is 5.02 Å². The van der Waals surface area contributed by atoms with E-state index >= 15 is 0 Å². The molecule has 1 aliphatic heterocycles. The maximum atomic E-state index is 13.5. The standard InChI is InChI=1S/C33H27ClFN5O4S/c34-27-17-25(9-11-30(27)43-19-22-5-3-6-24(35)15-22)40-32-26-16-23(8-10-28(26)38-21-39-32)33(12-4-14-44-33)20-36-18-31(45(41)42)29-7-1-2-13-37-29/h1-11,13-17,21,36H,12,18-20H2,(H,38,39,40). The minimum atomic E-state index is -2.44. The van der Waals surface area contributed by atoms with Crippen LogP contribution in [0.25, 0.3) is 10.9 Å². The molecule has 12 heteroatoms. The Morgan fingerprint density at radius 3 is 2.69 bits per heavy atom. The van der Waals surface area contributed by atoms with Crippen LogP contribution in [0.4, 0.5) is 15.9 Å². The molecule has 0 radical (unpaired) electrons. The Bertz CT molecular complexity index is 2010. The van der Waals surface area contributed by atoms with E-state index in [9.17, 15) is 12.8 Å². The van der Waals surface area contributed by atoms with Crippen LogP contribution in [0.5, 0.6) is 5.75 Å². The van der Waals surface area contributed by atoms with Gasteiger partial charge in [-0.2, -0.15) is 8.42 Å². The van der Waals surface area contributed by atoms with Gasteiger partial charge in [0, 0.05) is 36.8 Å². The first-order valence-electron chi connectivity index (χ1n) is 14.0. The molecule has 1 aliphatic rings. The van der Waals surface area contributed by atoms with Crippen LogP contribution >= 0.6 is 11.6 Å². The number of nitrogens with zero attached hydrogens (tertiary/aromatic N) is 3. The van der Waals surface area contributed by atoms with Gasteiger partial charge in [-0.3, -0.25) is 4.98 Å². The molecular formula is C33H27ClFN5O4S. The van der Waals surface area contributed by atoms with Gasteiger partial charge in [0.25, 0.3) is 0 Å². The minimum Gasteiger partial charge on any atom is -0.489 e. The molecule has 0 spiro atoms. The molecule has 0 amide bonds. The molecule has 0 fully saturated rings. The third-order valence-electron chi connectivity index (χ3n) is 7.32. The smallest absolute Gasteiger partial charge is 0.220 e. The average Bonchev–Trinajstić information content (AvgIpc) is 3.53. The van der Waals surface area contributed by atoms with Gasteiger partial charge in [-0.1, -0.05) is 35.9 Å². The highest BCUT2D eigenvalue weighted by molar-refractivity contribution is 7.73. The minimum absolute atomic E-state index is 0.0877. The molecule has 2 N–H and O–H groups in total. The second-order valence-corrected chi connectivity index (χ2v) is 11.7. The van der Waals surface area contributed by atoms with Crippen LogP contribution in [0, 0.1) is 5.82 Å². The molecule has 3 heterocycles. The summed E-state index contributed by atoms with van der Waals surface area (Å²) in [4.78, 5) is 13.3. The number of ether oxygens (including phenoxy) is 2. The number of nitrogens with one attached hydrogen (secondary N) is 2. The molecule has 9 nitrogen and oxygen atoms in total. The van der Waals surface area contributed by atoms with Crippen molar-refractivity contribution in [1.29, 1.82) is 0 Å². The third-order valence-corrected chi connectivity index (χ3v) is 8.38. The Morgan fingerprint density at radius 2 is 1.93 bits per heavy atom. The number of anilines is 2. The summed E-state index contributed by atoms with van der Waals surface area (Å²) in [6.07, 6.45) is 7.20. The van der Waals surface area contributed by atoms with Gasteiger partial charge in [0.05, 0.1) is 22.5 Å². The Balaban J connectivity index is 1.21. The fourth-order valence-corrected chi connectivity index (χ4v) is 5.81. The van der Waals surface area contributed by atoms with E-state index in [4.69, 9.17) is 21.1 Å².